The molecule has 1 rings (SSSR count). The van der Waals surface area contributed by atoms with Crippen LogP contribution in [0, 0.1) is 5.92 Å². The standard InChI is InChI=1S/C12H17NO2S/c1-9(7-14)8-16-12-5-3-11(4-6-12)13-10(2)15/h3-6,9,14H,7-8H2,1-2H3,(H,13,15). The van der Waals surface area contributed by atoms with Crippen molar-refractivity contribution in [1.29, 1.82) is 0 Å². The summed E-state index contributed by atoms with van der Waals surface area (Å²) in [5.74, 6) is 1.14. The molecule has 1 atom stereocenters. The number of benzene rings is 1. The lowest BCUT2D eigenvalue weighted by Gasteiger charge is -2.07. The van der Waals surface area contributed by atoms with E-state index >= 15 is 0 Å². The molecule has 0 bridgehead atoms. The van der Waals surface area contributed by atoms with Gasteiger partial charge in [-0.15, -0.1) is 11.8 Å². The van der Waals surface area contributed by atoms with Crippen LogP contribution in [0.2, 0.25) is 0 Å². The van der Waals surface area contributed by atoms with Crippen LogP contribution >= 0.6 is 11.8 Å². The van der Waals surface area contributed by atoms with Gasteiger partial charge in [-0.05, 0) is 30.2 Å². The lowest BCUT2D eigenvalue weighted by Crippen LogP contribution is -2.05. The molecule has 0 heterocycles. The van der Waals surface area contributed by atoms with Gasteiger partial charge in [-0.2, -0.15) is 0 Å². The van der Waals surface area contributed by atoms with Crippen molar-refractivity contribution in [2.45, 2.75) is 18.7 Å². The Hall–Kier alpha value is -1.00. The number of thioether (sulfide) groups is 1. The molecule has 0 saturated heterocycles. The van der Waals surface area contributed by atoms with E-state index in [1.165, 1.54) is 6.92 Å². The van der Waals surface area contributed by atoms with E-state index in [9.17, 15) is 4.79 Å². The number of rotatable bonds is 5. The SMILES string of the molecule is CC(=O)Nc1ccc(SCC(C)CO)cc1. The summed E-state index contributed by atoms with van der Waals surface area (Å²) in [6.45, 7) is 3.72. The maximum atomic E-state index is 10.8. The molecule has 4 heteroatoms. The summed E-state index contributed by atoms with van der Waals surface area (Å²) in [6.07, 6.45) is 0. The fourth-order valence-corrected chi connectivity index (χ4v) is 2.04. The van der Waals surface area contributed by atoms with Gasteiger partial charge in [0.15, 0.2) is 0 Å². The predicted octanol–water partition coefficient (Wildman–Crippen LogP) is 2.37. The molecular weight excluding hydrogens is 222 g/mol. The zero-order valence-electron chi connectivity index (χ0n) is 9.56. The fourth-order valence-electron chi connectivity index (χ4n) is 1.13. The van der Waals surface area contributed by atoms with Gasteiger partial charge in [-0.3, -0.25) is 4.79 Å². The highest BCUT2D eigenvalue weighted by Crippen LogP contribution is 2.22. The maximum Gasteiger partial charge on any atom is 0.221 e. The highest BCUT2D eigenvalue weighted by molar-refractivity contribution is 7.99. The van der Waals surface area contributed by atoms with Gasteiger partial charge in [-0.1, -0.05) is 6.92 Å². The molecule has 0 saturated carbocycles. The van der Waals surface area contributed by atoms with Gasteiger partial charge in [-0.25, -0.2) is 0 Å². The maximum absolute atomic E-state index is 10.8. The summed E-state index contributed by atoms with van der Waals surface area (Å²) >= 11 is 1.71. The molecule has 2 N–H and O–H groups in total. The number of aliphatic hydroxyl groups is 1. The number of nitrogens with one attached hydrogen (secondary N) is 1. The van der Waals surface area contributed by atoms with Gasteiger partial charge in [0.1, 0.15) is 0 Å². The van der Waals surface area contributed by atoms with E-state index in [2.05, 4.69) is 5.32 Å². The molecule has 3 nitrogen and oxygen atoms in total. The number of hydrogen-bond acceptors (Lipinski definition) is 3. The van der Waals surface area contributed by atoms with Gasteiger partial charge in [0, 0.05) is 29.9 Å². The van der Waals surface area contributed by atoms with Crippen molar-refractivity contribution < 1.29 is 9.90 Å². The van der Waals surface area contributed by atoms with Crippen molar-refractivity contribution in [3.8, 4) is 0 Å². The summed E-state index contributed by atoms with van der Waals surface area (Å²) in [4.78, 5) is 12.0. The number of aliphatic hydroxyl groups excluding tert-OH is 1. The van der Waals surface area contributed by atoms with Gasteiger partial charge in [0.2, 0.25) is 5.91 Å². The minimum atomic E-state index is -0.0608. The molecule has 88 valence electrons. The molecule has 1 unspecified atom stereocenters. The first-order valence-electron chi connectivity index (χ1n) is 5.23. The van der Waals surface area contributed by atoms with E-state index in [1.807, 2.05) is 31.2 Å². The summed E-state index contributed by atoms with van der Waals surface area (Å²) in [7, 11) is 0. The predicted molar refractivity (Wildman–Crippen MR) is 67.7 cm³/mol. The van der Waals surface area contributed by atoms with Gasteiger partial charge in [0.05, 0.1) is 0 Å². The second-order valence-electron chi connectivity index (χ2n) is 3.80. The molecule has 0 spiro atoms. The first kappa shape index (κ1) is 13.1. The number of anilines is 1. The largest absolute Gasteiger partial charge is 0.396 e. The highest BCUT2D eigenvalue weighted by Gasteiger charge is 2.01. The van der Waals surface area contributed by atoms with Crippen molar-refractivity contribution >= 4 is 23.4 Å². The topological polar surface area (TPSA) is 49.3 Å². The van der Waals surface area contributed by atoms with Gasteiger partial charge in [0.25, 0.3) is 0 Å². The summed E-state index contributed by atoms with van der Waals surface area (Å²) in [6, 6.07) is 7.71. The number of hydrogen-bond donors (Lipinski definition) is 2. The lowest BCUT2D eigenvalue weighted by atomic mass is 10.2. The van der Waals surface area contributed by atoms with Crippen molar-refractivity contribution in [3.05, 3.63) is 24.3 Å². The van der Waals surface area contributed by atoms with Gasteiger partial charge >= 0.3 is 0 Å². The van der Waals surface area contributed by atoms with Crippen LogP contribution in [0.1, 0.15) is 13.8 Å². The Morgan fingerprint density at radius 1 is 1.44 bits per heavy atom. The molecule has 16 heavy (non-hydrogen) atoms. The van der Waals surface area contributed by atoms with Crippen LogP contribution < -0.4 is 5.32 Å². The van der Waals surface area contributed by atoms with E-state index < -0.39 is 0 Å². The summed E-state index contributed by atoms with van der Waals surface area (Å²) < 4.78 is 0. The third-order valence-corrected chi connectivity index (χ3v) is 3.36. The number of amides is 1. The smallest absolute Gasteiger partial charge is 0.221 e. The van der Waals surface area contributed by atoms with E-state index in [1.54, 1.807) is 11.8 Å². The van der Waals surface area contributed by atoms with Crippen LogP contribution in [-0.2, 0) is 4.79 Å². The van der Waals surface area contributed by atoms with Gasteiger partial charge < -0.3 is 10.4 Å². The zero-order chi connectivity index (χ0) is 12.0. The number of carbonyl (C=O) groups is 1. The molecule has 0 aliphatic heterocycles. The first-order chi connectivity index (χ1) is 7.61. The quantitative estimate of drug-likeness (QED) is 0.776. The molecule has 1 amide bonds. The molecule has 0 fully saturated rings. The van der Waals surface area contributed by atoms with Crippen LogP contribution in [0.15, 0.2) is 29.2 Å². The van der Waals surface area contributed by atoms with Crippen LogP contribution in [0.5, 0.6) is 0 Å². The molecular formula is C12H17NO2S. The normalized spacial score (nSPS) is 12.2. The van der Waals surface area contributed by atoms with Crippen LogP contribution in [-0.4, -0.2) is 23.4 Å². The fraction of sp³-hybridized carbons (Fsp3) is 0.417. The average Bonchev–Trinajstić information content (AvgIpc) is 2.27. The third-order valence-electron chi connectivity index (χ3n) is 2.02. The Kier molecular flexibility index (Phi) is 5.35. The zero-order valence-corrected chi connectivity index (χ0v) is 10.4. The second kappa shape index (κ2) is 6.55. The first-order valence-corrected chi connectivity index (χ1v) is 6.21. The lowest BCUT2D eigenvalue weighted by molar-refractivity contribution is -0.114. The van der Waals surface area contributed by atoms with Crippen molar-refractivity contribution in [1.82, 2.24) is 0 Å². The number of carbonyl (C=O) groups excluding carboxylic acids is 1. The van der Waals surface area contributed by atoms with Crippen molar-refractivity contribution in [2.75, 3.05) is 17.7 Å². The minimum absolute atomic E-state index is 0.0608. The molecule has 0 radical (unpaired) electrons. The molecule has 0 aliphatic rings. The second-order valence-corrected chi connectivity index (χ2v) is 4.90. The third kappa shape index (κ3) is 4.68. The van der Waals surface area contributed by atoms with Crippen molar-refractivity contribution in [2.24, 2.45) is 5.92 Å². The van der Waals surface area contributed by atoms with Crippen LogP contribution in [0.25, 0.3) is 0 Å². The van der Waals surface area contributed by atoms with Crippen molar-refractivity contribution in [3.63, 3.8) is 0 Å². The molecule has 0 aromatic heterocycles. The van der Waals surface area contributed by atoms with Crippen LogP contribution in [0.4, 0.5) is 5.69 Å². The van der Waals surface area contributed by atoms with Crippen LogP contribution in [0.3, 0.4) is 0 Å². The summed E-state index contributed by atoms with van der Waals surface area (Å²) in [5.41, 5.74) is 0.812. The van der Waals surface area contributed by atoms with E-state index in [4.69, 9.17) is 5.11 Å². The monoisotopic (exact) mass is 239 g/mol. The molecule has 0 aliphatic carbocycles. The Labute approximate surface area is 100 Å². The Balaban J connectivity index is 2.48. The summed E-state index contributed by atoms with van der Waals surface area (Å²) in [5, 5.41) is 11.6. The molecule has 1 aromatic rings. The van der Waals surface area contributed by atoms with E-state index in [-0.39, 0.29) is 12.5 Å². The Morgan fingerprint density at radius 2 is 2.06 bits per heavy atom. The van der Waals surface area contributed by atoms with E-state index in [0.29, 0.717) is 5.92 Å². The molecule has 1 aromatic carbocycles. The average molecular weight is 239 g/mol. The Bertz CT molecular complexity index is 337. The highest BCUT2D eigenvalue weighted by atomic mass is 32.2. The Morgan fingerprint density at radius 3 is 2.56 bits per heavy atom. The van der Waals surface area contributed by atoms with E-state index in [0.717, 1.165) is 16.3 Å². The minimum Gasteiger partial charge on any atom is -0.396 e.